The van der Waals surface area contributed by atoms with Crippen LogP contribution in [-0.4, -0.2) is 6.61 Å². The van der Waals surface area contributed by atoms with Crippen LogP contribution in [0.1, 0.15) is 44.3 Å². The maximum atomic E-state index is 12.0. The topological polar surface area (TPSA) is 26.3 Å². The summed E-state index contributed by atoms with van der Waals surface area (Å²) in [5.74, 6) is 0. The summed E-state index contributed by atoms with van der Waals surface area (Å²) in [6.45, 7) is 4.58. The van der Waals surface area contributed by atoms with Gasteiger partial charge in [0.25, 0.3) is 0 Å². The molecule has 0 saturated heterocycles. The summed E-state index contributed by atoms with van der Waals surface area (Å²) in [6, 6.07) is 10.1. The van der Waals surface area contributed by atoms with Crippen molar-refractivity contribution in [2.24, 2.45) is 0 Å². The van der Waals surface area contributed by atoms with Gasteiger partial charge in [-0.15, -0.1) is 0 Å². The lowest BCUT2D eigenvalue weighted by atomic mass is 10.1. The second-order valence-electron chi connectivity index (χ2n) is 3.86. The van der Waals surface area contributed by atoms with Gasteiger partial charge in [0, 0.05) is 0 Å². The molecule has 0 N–H and O–H groups in total. The van der Waals surface area contributed by atoms with Gasteiger partial charge in [0.05, 0.1) is 12.3 Å². The highest BCUT2D eigenvalue weighted by Crippen LogP contribution is 2.45. The van der Waals surface area contributed by atoms with Crippen LogP contribution in [0.15, 0.2) is 30.3 Å². The lowest BCUT2D eigenvalue weighted by Crippen LogP contribution is -1.96. The van der Waals surface area contributed by atoms with Crippen LogP contribution in [0.25, 0.3) is 0 Å². The van der Waals surface area contributed by atoms with Gasteiger partial charge in [0.15, 0.2) is 8.03 Å². The third kappa shape index (κ3) is 4.11. The first-order chi connectivity index (χ1) is 7.79. The molecule has 0 heterocycles. The molecule has 0 saturated carbocycles. The molecular formula is C13H21O2P. The lowest BCUT2D eigenvalue weighted by Gasteiger charge is -2.16. The first-order valence-corrected chi connectivity index (χ1v) is 7.40. The lowest BCUT2D eigenvalue weighted by molar-refractivity contribution is 0.341. The van der Waals surface area contributed by atoms with E-state index in [1.807, 2.05) is 37.3 Å². The van der Waals surface area contributed by atoms with Crippen LogP contribution < -0.4 is 0 Å². The van der Waals surface area contributed by atoms with E-state index in [0.29, 0.717) is 6.61 Å². The number of unbranched alkanes of at least 4 members (excludes halogenated alkanes) is 1. The van der Waals surface area contributed by atoms with E-state index in [2.05, 4.69) is 6.92 Å². The second kappa shape index (κ2) is 7.65. The van der Waals surface area contributed by atoms with Crippen LogP contribution in [0.5, 0.6) is 0 Å². The van der Waals surface area contributed by atoms with Crippen molar-refractivity contribution in [3.8, 4) is 0 Å². The van der Waals surface area contributed by atoms with E-state index in [-0.39, 0.29) is 5.66 Å². The molecule has 2 atom stereocenters. The summed E-state index contributed by atoms with van der Waals surface area (Å²) in [6.07, 6.45) is 3.19. The molecule has 3 heteroatoms. The van der Waals surface area contributed by atoms with E-state index in [1.54, 1.807) is 0 Å². The van der Waals surface area contributed by atoms with E-state index in [9.17, 15) is 4.57 Å². The van der Waals surface area contributed by atoms with Gasteiger partial charge in [-0.25, -0.2) is 0 Å². The summed E-state index contributed by atoms with van der Waals surface area (Å²) >= 11 is 0. The SMILES string of the molecule is CCCCC(c1ccccc1)[PH](=O)OCC. The van der Waals surface area contributed by atoms with Crippen LogP contribution in [0.2, 0.25) is 0 Å². The van der Waals surface area contributed by atoms with E-state index in [1.165, 1.54) is 0 Å². The minimum absolute atomic E-state index is 0.0890. The second-order valence-corrected chi connectivity index (χ2v) is 5.48. The van der Waals surface area contributed by atoms with Gasteiger partial charge < -0.3 is 4.52 Å². The highest BCUT2D eigenvalue weighted by Gasteiger charge is 2.18. The Labute approximate surface area is 98.9 Å². The predicted octanol–water partition coefficient (Wildman–Crippen LogP) is 4.43. The molecule has 0 aromatic heterocycles. The molecule has 0 spiro atoms. The minimum Gasteiger partial charge on any atom is -0.330 e. The Morgan fingerprint density at radius 2 is 1.94 bits per heavy atom. The average Bonchev–Trinajstić information content (AvgIpc) is 2.31. The van der Waals surface area contributed by atoms with Crippen LogP contribution in [0.3, 0.4) is 0 Å². The molecule has 0 bridgehead atoms. The number of hydrogen-bond donors (Lipinski definition) is 0. The molecule has 2 nitrogen and oxygen atoms in total. The molecule has 0 radical (unpaired) electrons. The molecule has 1 aromatic rings. The molecule has 0 aliphatic carbocycles. The van der Waals surface area contributed by atoms with Crippen molar-refractivity contribution in [3.63, 3.8) is 0 Å². The standard InChI is InChI=1S/C13H21O2P/c1-3-5-11-13(16(14)15-4-2)12-9-7-6-8-10-12/h6-10,13,16H,3-5,11H2,1-2H3. The van der Waals surface area contributed by atoms with Crippen molar-refractivity contribution in [1.82, 2.24) is 0 Å². The molecule has 16 heavy (non-hydrogen) atoms. The molecule has 0 amide bonds. The fraction of sp³-hybridized carbons (Fsp3) is 0.538. The number of benzene rings is 1. The van der Waals surface area contributed by atoms with E-state index < -0.39 is 8.03 Å². The molecular weight excluding hydrogens is 219 g/mol. The zero-order valence-corrected chi connectivity index (χ0v) is 11.1. The normalized spacial score (nSPS) is 14.6. The summed E-state index contributed by atoms with van der Waals surface area (Å²) in [5.41, 5.74) is 1.24. The Balaban J connectivity index is 2.74. The summed E-state index contributed by atoms with van der Waals surface area (Å²) < 4.78 is 17.3. The van der Waals surface area contributed by atoms with Crippen molar-refractivity contribution in [3.05, 3.63) is 35.9 Å². The fourth-order valence-electron chi connectivity index (χ4n) is 1.76. The van der Waals surface area contributed by atoms with E-state index >= 15 is 0 Å². The first kappa shape index (κ1) is 13.5. The maximum Gasteiger partial charge on any atom is 0.198 e. The average molecular weight is 240 g/mol. The molecule has 2 unspecified atom stereocenters. The molecule has 0 aliphatic rings. The van der Waals surface area contributed by atoms with Crippen molar-refractivity contribution >= 4 is 8.03 Å². The largest absolute Gasteiger partial charge is 0.330 e. The van der Waals surface area contributed by atoms with E-state index in [0.717, 1.165) is 24.8 Å². The Morgan fingerprint density at radius 3 is 2.50 bits per heavy atom. The van der Waals surface area contributed by atoms with Gasteiger partial charge in [-0.05, 0) is 18.9 Å². The van der Waals surface area contributed by atoms with Gasteiger partial charge in [0.1, 0.15) is 0 Å². The smallest absolute Gasteiger partial charge is 0.198 e. The van der Waals surface area contributed by atoms with Gasteiger partial charge in [-0.1, -0.05) is 50.1 Å². The molecule has 1 rings (SSSR count). The maximum absolute atomic E-state index is 12.0. The van der Waals surface area contributed by atoms with Crippen molar-refractivity contribution < 1.29 is 9.09 Å². The molecule has 0 aliphatic heterocycles. The zero-order valence-electron chi connectivity index (χ0n) is 10.1. The van der Waals surface area contributed by atoms with Crippen LogP contribution in [-0.2, 0) is 9.09 Å². The third-order valence-corrected chi connectivity index (χ3v) is 4.38. The molecule has 0 fully saturated rings. The highest BCUT2D eigenvalue weighted by atomic mass is 31.1. The Kier molecular flexibility index (Phi) is 6.44. The quantitative estimate of drug-likeness (QED) is 0.659. The highest BCUT2D eigenvalue weighted by molar-refractivity contribution is 7.39. The Hall–Kier alpha value is -0.590. The number of hydrogen-bond acceptors (Lipinski definition) is 2. The number of rotatable bonds is 7. The summed E-state index contributed by atoms with van der Waals surface area (Å²) in [7, 11) is -1.95. The van der Waals surface area contributed by atoms with Crippen molar-refractivity contribution in [2.45, 2.75) is 38.8 Å². The Morgan fingerprint density at radius 1 is 1.25 bits per heavy atom. The monoisotopic (exact) mass is 240 g/mol. The summed E-state index contributed by atoms with van der Waals surface area (Å²) in [4.78, 5) is 0. The molecule has 90 valence electrons. The zero-order chi connectivity index (χ0) is 11.8. The summed E-state index contributed by atoms with van der Waals surface area (Å²) in [5, 5.41) is 0. The minimum atomic E-state index is -1.95. The van der Waals surface area contributed by atoms with Crippen LogP contribution in [0, 0.1) is 0 Å². The van der Waals surface area contributed by atoms with Gasteiger partial charge >= 0.3 is 0 Å². The van der Waals surface area contributed by atoms with Crippen LogP contribution in [0.4, 0.5) is 0 Å². The van der Waals surface area contributed by atoms with Gasteiger partial charge in [-0.3, -0.25) is 4.57 Å². The van der Waals surface area contributed by atoms with E-state index in [4.69, 9.17) is 4.52 Å². The van der Waals surface area contributed by atoms with Crippen molar-refractivity contribution in [2.75, 3.05) is 6.61 Å². The predicted molar refractivity (Wildman–Crippen MR) is 69.3 cm³/mol. The third-order valence-electron chi connectivity index (χ3n) is 2.62. The fourth-order valence-corrected chi connectivity index (χ4v) is 3.15. The Bertz CT molecular complexity index is 311. The van der Waals surface area contributed by atoms with Crippen LogP contribution >= 0.6 is 8.03 Å². The first-order valence-electron chi connectivity index (χ1n) is 6.01. The molecule has 1 aromatic carbocycles. The van der Waals surface area contributed by atoms with Gasteiger partial charge in [-0.2, -0.15) is 0 Å². The van der Waals surface area contributed by atoms with Gasteiger partial charge in [0.2, 0.25) is 0 Å². The van der Waals surface area contributed by atoms with Crippen molar-refractivity contribution in [1.29, 1.82) is 0 Å².